The van der Waals surface area contributed by atoms with Gasteiger partial charge < -0.3 is 10.2 Å². The number of unbranched alkanes of at least 4 members (excludes halogenated alkanes) is 4. The fourth-order valence-corrected chi connectivity index (χ4v) is 4.99. The fourth-order valence-electron chi connectivity index (χ4n) is 4.34. The van der Waals surface area contributed by atoms with Crippen LogP contribution in [0.1, 0.15) is 102 Å². The molecule has 2 fully saturated rings. The largest absolute Gasteiger partial charge is 0.504 e. The lowest BCUT2D eigenvalue weighted by Gasteiger charge is -2.13. The third-order valence-electron chi connectivity index (χ3n) is 7.04. The van der Waals surface area contributed by atoms with Crippen molar-refractivity contribution in [3.63, 3.8) is 0 Å². The Kier molecular flexibility index (Phi) is 7.38. The van der Waals surface area contributed by atoms with Gasteiger partial charge in [0.2, 0.25) is 0 Å². The van der Waals surface area contributed by atoms with Crippen molar-refractivity contribution in [2.24, 2.45) is 5.41 Å². The predicted octanol–water partition coefficient (Wildman–Crippen LogP) is 7.46. The van der Waals surface area contributed by atoms with Gasteiger partial charge in [0, 0.05) is 3.42 Å². The van der Waals surface area contributed by atoms with Crippen molar-refractivity contribution in [2.75, 3.05) is 0 Å². The molecule has 1 aromatic rings. The molecule has 0 atom stereocenters. The predicted molar refractivity (Wildman–Crippen MR) is 122 cm³/mol. The number of aromatic hydroxyl groups is 2. The second-order valence-electron chi connectivity index (χ2n) is 9.21. The molecule has 0 heterocycles. The third kappa shape index (κ3) is 6.27. The number of hydrogen-bond acceptors (Lipinski definition) is 2. The van der Waals surface area contributed by atoms with Crippen LogP contribution in [0.15, 0.2) is 12.1 Å². The summed E-state index contributed by atoms with van der Waals surface area (Å²) in [5, 5.41) is 20.8. The van der Waals surface area contributed by atoms with Gasteiger partial charge in [-0.1, -0.05) is 73.8 Å². The molecule has 3 rings (SSSR count). The molecular weight excluding hydrogens is 447 g/mol. The van der Waals surface area contributed by atoms with Gasteiger partial charge in [0.25, 0.3) is 0 Å². The molecule has 0 spiro atoms. The molecule has 1 aromatic carbocycles. The van der Waals surface area contributed by atoms with Gasteiger partial charge in [-0.3, -0.25) is 0 Å². The van der Waals surface area contributed by atoms with E-state index < -0.39 is 0 Å². The smallest absolute Gasteiger partial charge is 0.160 e. The first-order chi connectivity index (χ1) is 13.0. The van der Waals surface area contributed by atoms with Crippen molar-refractivity contribution in [3.8, 4) is 11.5 Å². The highest BCUT2D eigenvalue weighted by Gasteiger charge is 2.39. The van der Waals surface area contributed by atoms with Crippen LogP contribution in [0.25, 0.3) is 0 Å². The summed E-state index contributed by atoms with van der Waals surface area (Å²) in [6.45, 7) is 2.32. The van der Waals surface area contributed by atoms with E-state index in [1.807, 2.05) is 12.1 Å². The quantitative estimate of drug-likeness (QED) is 0.132. The Hall–Kier alpha value is -0.450. The van der Waals surface area contributed by atoms with Crippen LogP contribution in [0.4, 0.5) is 0 Å². The molecule has 3 heteroatoms. The highest BCUT2D eigenvalue weighted by atomic mass is 127. The molecule has 0 radical (unpaired) electrons. The Labute approximate surface area is 179 Å². The van der Waals surface area contributed by atoms with Crippen LogP contribution in [0, 0.1) is 5.41 Å². The maximum atomic E-state index is 10.4. The van der Waals surface area contributed by atoms with E-state index in [0.29, 0.717) is 8.84 Å². The van der Waals surface area contributed by atoms with E-state index in [9.17, 15) is 10.2 Å². The molecular formula is C24H37IO2. The van der Waals surface area contributed by atoms with Crippen LogP contribution in [0.5, 0.6) is 11.5 Å². The zero-order valence-electron chi connectivity index (χ0n) is 17.0. The van der Waals surface area contributed by atoms with Gasteiger partial charge in [0.15, 0.2) is 11.5 Å². The van der Waals surface area contributed by atoms with Crippen LogP contribution >= 0.6 is 22.6 Å². The summed E-state index contributed by atoms with van der Waals surface area (Å²) in [4.78, 5) is 0. The second-order valence-corrected chi connectivity index (χ2v) is 11.5. The number of benzene rings is 1. The highest BCUT2D eigenvalue weighted by Crippen LogP contribution is 2.52. The van der Waals surface area contributed by atoms with Crippen molar-refractivity contribution in [1.82, 2.24) is 0 Å². The minimum atomic E-state index is 0.128. The molecule has 2 nitrogen and oxygen atoms in total. The number of phenols is 2. The number of phenolic OH excluding ortho intramolecular Hbond substituents is 2. The van der Waals surface area contributed by atoms with Crippen LogP contribution < -0.4 is 0 Å². The Morgan fingerprint density at radius 2 is 1.30 bits per heavy atom. The van der Waals surface area contributed by atoms with Gasteiger partial charge in [-0.2, -0.15) is 0 Å². The molecule has 0 aromatic heterocycles. The molecule has 0 amide bonds. The summed E-state index contributed by atoms with van der Waals surface area (Å²) in [5.74, 6) is 0.256. The fraction of sp³-hybridized carbons (Fsp3) is 0.750. The standard InChI is InChI=1S/C24H37IO2/c1-2-23(15-16-23)13-7-3-5-9-19-11-12-20(22(27)21(19)26)10-6-4-8-14-24(25)17-18-24/h11-12,26-27H,2-10,13-18H2,1H3. The van der Waals surface area contributed by atoms with Gasteiger partial charge in [-0.05, 0) is 80.8 Å². The summed E-state index contributed by atoms with van der Waals surface area (Å²) >= 11 is 2.62. The number of rotatable bonds is 13. The number of alkyl halides is 1. The summed E-state index contributed by atoms with van der Waals surface area (Å²) in [5.41, 5.74) is 2.51. The van der Waals surface area contributed by atoms with Gasteiger partial charge in [-0.15, -0.1) is 0 Å². The molecule has 0 bridgehead atoms. The highest BCUT2D eigenvalue weighted by molar-refractivity contribution is 14.1. The average molecular weight is 484 g/mol. The Balaban J connectivity index is 1.35. The summed E-state index contributed by atoms with van der Waals surface area (Å²) in [6.07, 6.45) is 18.6. The van der Waals surface area contributed by atoms with Crippen molar-refractivity contribution < 1.29 is 10.2 Å². The Morgan fingerprint density at radius 3 is 1.74 bits per heavy atom. The minimum Gasteiger partial charge on any atom is -0.504 e. The van der Waals surface area contributed by atoms with Crippen LogP contribution in [0.2, 0.25) is 0 Å². The van der Waals surface area contributed by atoms with Crippen molar-refractivity contribution in [1.29, 1.82) is 0 Å². The topological polar surface area (TPSA) is 40.5 Å². The third-order valence-corrected chi connectivity index (χ3v) is 8.66. The summed E-state index contributed by atoms with van der Waals surface area (Å²) < 4.78 is 0.621. The van der Waals surface area contributed by atoms with Crippen LogP contribution in [-0.2, 0) is 12.8 Å². The van der Waals surface area contributed by atoms with E-state index >= 15 is 0 Å². The van der Waals surface area contributed by atoms with E-state index in [-0.39, 0.29) is 11.5 Å². The normalized spacial score (nSPS) is 19.2. The van der Waals surface area contributed by atoms with E-state index in [1.165, 1.54) is 70.6 Å². The van der Waals surface area contributed by atoms with Crippen LogP contribution in [-0.4, -0.2) is 13.6 Å². The van der Waals surface area contributed by atoms with Crippen molar-refractivity contribution in [3.05, 3.63) is 23.3 Å². The van der Waals surface area contributed by atoms with Gasteiger partial charge in [-0.25, -0.2) is 0 Å². The van der Waals surface area contributed by atoms with E-state index in [0.717, 1.165) is 36.8 Å². The van der Waals surface area contributed by atoms with Crippen molar-refractivity contribution >= 4 is 22.6 Å². The lowest BCUT2D eigenvalue weighted by atomic mass is 9.94. The molecule has 0 unspecified atom stereocenters. The molecule has 2 aliphatic rings. The van der Waals surface area contributed by atoms with Gasteiger partial charge in [0.1, 0.15) is 0 Å². The summed E-state index contributed by atoms with van der Waals surface area (Å²) in [6, 6.07) is 4.06. The Morgan fingerprint density at radius 1 is 0.778 bits per heavy atom. The minimum absolute atomic E-state index is 0.128. The molecule has 27 heavy (non-hydrogen) atoms. The monoisotopic (exact) mass is 484 g/mol. The average Bonchev–Trinajstić information content (AvgIpc) is 3.58. The molecule has 2 saturated carbocycles. The molecule has 152 valence electrons. The van der Waals surface area contributed by atoms with Crippen molar-refractivity contribution in [2.45, 2.75) is 107 Å². The number of halogens is 1. The lowest BCUT2D eigenvalue weighted by Crippen LogP contribution is -1.98. The first-order valence-electron chi connectivity index (χ1n) is 11.2. The molecule has 0 aliphatic heterocycles. The molecule has 0 saturated heterocycles. The zero-order valence-corrected chi connectivity index (χ0v) is 19.2. The first-order valence-corrected chi connectivity index (χ1v) is 12.3. The lowest BCUT2D eigenvalue weighted by molar-refractivity contribution is 0.392. The SMILES string of the molecule is CCC1(CCCCCc2ccc(CCCCCC3(I)CC3)c(O)c2O)CC1. The van der Waals surface area contributed by atoms with Gasteiger partial charge >= 0.3 is 0 Å². The van der Waals surface area contributed by atoms with Crippen LogP contribution in [0.3, 0.4) is 0 Å². The maximum Gasteiger partial charge on any atom is 0.160 e. The number of aryl methyl sites for hydroxylation is 2. The molecule has 2 N–H and O–H groups in total. The Bertz CT molecular complexity index is 617. The van der Waals surface area contributed by atoms with E-state index in [1.54, 1.807) is 0 Å². The summed E-state index contributed by atoms with van der Waals surface area (Å²) in [7, 11) is 0. The zero-order chi connectivity index (χ0) is 19.3. The second kappa shape index (κ2) is 9.37. The van der Waals surface area contributed by atoms with E-state index in [2.05, 4.69) is 29.5 Å². The van der Waals surface area contributed by atoms with E-state index in [4.69, 9.17) is 0 Å². The molecule has 2 aliphatic carbocycles. The maximum absolute atomic E-state index is 10.4. The number of hydrogen-bond donors (Lipinski definition) is 2. The van der Waals surface area contributed by atoms with Gasteiger partial charge in [0.05, 0.1) is 0 Å². The first kappa shape index (κ1) is 21.3.